The van der Waals surface area contributed by atoms with Crippen LogP contribution in [-0.4, -0.2) is 49.8 Å². The Labute approximate surface area is 98.0 Å². The zero-order valence-corrected chi connectivity index (χ0v) is 10.6. The smallest absolute Gasteiger partial charge is 0.273 e. The number of carbonyl (C=O) groups excluding carboxylic acids is 1. The van der Waals surface area contributed by atoms with E-state index in [0.29, 0.717) is 5.13 Å². The third kappa shape index (κ3) is 3.78. The van der Waals surface area contributed by atoms with Gasteiger partial charge >= 0.3 is 0 Å². The van der Waals surface area contributed by atoms with Gasteiger partial charge in [-0.15, -0.1) is 11.3 Å². The molecular formula is C8H13N3O3S2. The topological polar surface area (TPSA) is 93.4 Å². The maximum absolute atomic E-state index is 11.7. The van der Waals surface area contributed by atoms with Crippen LogP contribution < -0.4 is 5.73 Å². The van der Waals surface area contributed by atoms with Crippen molar-refractivity contribution in [1.82, 2.24) is 9.88 Å². The number of carbonyl (C=O) groups is 1. The van der Waals surface area contributed by atoms with Gasteiger partial charge in [-0.25, -0.2) is 13.4 Å². The number of rotatable bonds is 4. The maximum Gasteiger partial charge on any atom is 0.273 e. The molecule has 0 aliphatic carbocycles. The van der Waals surface area contributed by atoms with Gasteiger partial charge < -0.3 is 10.6 Å². The molecule has 0 atom stereocenters. The summed E-state index contributed by atoms with van der Waals surface area (Å²) in [6.07, 6.45) is 1.13. The fourth-order valence-electron chi connectivity index (χ4n) is 0.986. The molecule has 6 nitrogen and oxygen atoms in total. The number of nitrogen functional groups attached to an aromatic ring is 1. The van der Waals surface area contributed by atoms with Crippen LogP contribution in [0.1, 0.15) is 10.5 Å². The van der Waals surface area contributed by atoms with Gasteiger partial charge in [0.05, 0.1) is 5.75 Å². The highest BCUT2D eigenvalue weighted by Crippen LogP contribution is 2.12. The van der Waals surface area contributed by atoms with Crippen molar-refractivity contribution in [1.29, 1.82) is 0 Å². The van der Waals surface area contributed by atoms with Gasteiger partial charge in [-0.3, -0.25) is 4.79 Å². The third-order valence-corrected chi connectivity index (χ3v) is 3.48. The molecule has 2 N–H and O–H groups in total. The molecule has 1 rings (SSSR count). The van der Waals surface area contributed by atoms with E-state index in [0.717, 1.165) is 6.26 Å². The number of sulfone groups is 1. The minimum absolute atomic E-state index is 0.0607. The summed E-state index contributed by atoms with van der Waals surface area (Å²) in [6, 6.07) is 0. The van der Waals surface area contributed by atoms with E-state index in [9.17, 15) is 13.2 Å². The van der Waals surface area contributed by atoms with E-state index in [1.165, 1.54) is 23.3 Å². The van der Waals surface area contributed by atoms with Gasteiger partial charge in [0.25, 0.3) is 5.91 Å². The Bertz CT molecular complexity index is 480. The Kier molecular flexibility index (Phi) is 3.87. The normalized spacial score (nSPS) is 11.4. The first-order valence-electron chi connectivity index (χ1n) is 4.44. The first kappa shape index (κ1) is 12.9. The highest BCUT2D eigenvalue weighted by atomic mass is 32.2. The molecule has 0 aromatic carbocycles. The van der Waals surface area contributed by atoms with Crippen LogP contribution in [0.5, 0.6) is 0 Å². The minimum Gasteiger partial charge on any atom is -0.375 e. The SMILES string of the molecule is CN(CCS(C)(=O)=O)C(=O)c1csc(N)n1. The largest absolute Gasteiger partial charge is 0.375 e. The molecule has 0 radical (unpaired) electrons. The van der Waals surface area contributed by atoms with Gasteiger partial charge in [0.15, 0.2) is 5.13 Å². The number of hydrogen-bond donors (Lipinski definition) is 1. The third-order valence-electron chi connectivity index (χ3n) is 1.89. The van der Waals surface area contributed by atoms with E-state index >= 15 is 0 Å². The molecule has 1 heterocycles. The monoisotopic (exact) mass is 263 g/mol. The van der Waals surface area contributed by atoms with E-state index in [1.54, 1.807) is 5.38 Å². The molecule has 0 aliphatic rings. The van der Waals surface area contributed by atoms with Crippen molar-refractivity contribution in [2.24, 2.45) is 0 Å². The number of amides is 1. The molecule has 1 aromatic rings. The van der Waals surface area contributed by atoms with Crippen LogP contribution in [0.4, 0.5) is 5.13 Å². The minimum atomic E-state index is -3.07. The van der Waals surface area contributed by atoms with Crippen molar-refractivity contribution in [3.63, 3.8) is 0 Å². The first-order chi connectivity index (χ1) is 7.29. The lowest BCUT2D eigenvalue weighted by Gasteiger charge is -2.14. The zero-order valence-electron chi connectivity index (χ0n) is 9.00. The van der Waals surface area contributed by atoms with E-state index < -0.39 is 9.84 Å². The lowest BCUT2D eigenvalue weighted by molar-refractivity contribution is 0.0798. The lowest BCUT2D eigenvalue weighted by Crippen LogP contribution is -2.31. The van der Waals surface area contributed by atoms with Crippen molar-refractivity contribution in [2.75, 3.05) is 31.3 Å². The molecule has 0 aliphatic heterocycles. The molecule has 1 aromatic heterocycles. The lowest BCUT2D eigenvalue weighted by atomic mass is 10.4. The van der Waals surface area contributed by atoms with E-state index in [-0.39, 0.29) is 23.9 Å². The summed E-state index contributed by atoms with van der Waals surface area (Å²) in [5.41, 5.74) is 5.65. The number of hydrogen-bond acceptors (Lipinski definition) is 6. The van der Waals surface area contributed by atoms with Crippen molar-refractivity contribution in [3.8, 4) is 0 Å². The Hall–Kier alpha value is -1.15. The Balaban J connectivity index is 2.61. The van der Waals surface area contributed by atoms with E-state index in [2.05, 4.69) is 4.98 Å². The van der Waals surface area contributed by atoms with E-state index in [4.69, 9.17) is 5.73 Å². The summed E-state index contributed by atoms with van der Waals surface area (Å²) in [5, 5.41) is 1.87. The predicted octanol–water partition coefficient (Wildman–Crippen LogP) is -0.158. The fraction of sp³-hybridized carbons (Fsp3) is 0.500. The quantitative estimate of drug-likeness (QED) is 0.815. The highest BCUT2D eigenvalue weighted by Gasteiger charge is 2.16. The molecule has 0 unspecified atom stereocenters. The Morgan fingerprint density at radius 1 is 1.62 bits per heavy atom. The Morgan fingerprint density at radius 3 is 2.69 bits per heavy atom. The summed E-state index contributed by atoms with van der Waals surface area (Å²) >= 11 is 1.17. The molecule has 16 heavy (non-hydrogen) atoms. The van der Waals surface area contributed by atoms with Gasteiger partial charge in [-0.2, -0.15) is 0 Å². The van der Waals surface area contributed by atoms with Gasteiger partial charge in [0, 0.05) is 25.2 Å². The molecule has 1 amide bonds. The van der Waals surface area contributed by atoms with Gasteiger partial charge in [-0.05, 0) is 0 Å². The molecule has 8 heteroatoms. The summed E-state index contributed by atoms with van der Waals surface area (Å²) in [6.45, 7) is 0.148. The van der Waals surface area contributed by atoms with Crippen LogP contribution in [0.15, 0.2) is 5.38 Å². The first-order valence-corrected chi connectivity index (χ1v) is 7.38. The maximum atomic E-state index is 11.7. The number of nitrogens with two attached hydrogens (primary N) is 1. The summed E-state index contributed by atoms with van der Waals surface area (Å²) in [5.74, 6) is -0.383. The zero-order chi connectivity index (χ0) is 12.3. The number of aromatic nitrogens is 1. The summed E-state index contributed by atoms with van der Waals surface area (Å²) < 4.78 is 21.9. The highest BCUT2D eigenvalue weighted by molar-refractivity contribution is 7.90. The molecular weight excluding hydrogens is 250 g/mol. The van der Waals surface area contributed by atoms with Crippen LogP contribution in [0.2, 0.25) is 0 Å². The van der Waals surface area contributed by atoms with Crippen LogP contribution in [0.3, 0.4) is 0 Å². The van der Waals surface area contributed by atoms with Crippen molar-refractivity contribution >= 4 is 32.2 Å². The Morgan fingerprint density at radius 2 is 2.25 bits per heavy atom. The molecule has 0 fully saturated rings. The molecule has 0 saturated heterocycles. The van der Waals surface area contributed by atoms with Gasteiger partial charge in [0.2, 0.25) is 0 Å². The molecule has 90 valence electrons. The standard InChI is InChI=1S/C8H13N3O3S2/c1-11(3-4-16(2,13)14)7(12)6-5-15-8(9)10-6/h5H,3-4H2,1-2H3,(H2,9,10). The van der Waals surface area contributed by atoms with Crippen LogP contribution in [0.25, 0.3) is 0 Å². The predicted molar refractivity (Wildman–Crippen MR) is 63.2 cm³/mol. The van der Waals surface area contributed by atoms with E-state index in [1.807, 2.05) is 0 Å². The molecule has 0 saturated carbocycles. The van der Waals surface area contributed by atoms with Crippen LogP contribution >= 0.6 is 11.3 Å². The van der Waals surface area contributed by atoms with Crippen LogP contribution in [-0.2, 0) is 9.84 Å². The number of nitrogens with zero attached hydrogens (tertiary/aromatic N) is 2. The average Bonchev–Trinajstić information content (AvgIpc) is 2.59. The van der Waals surface area contributed by atoms with Gasteiger partial charge in [-0.1, -0.05) is 0 Å². The summed E-state index contributed by atoms with van der Waals surface area (Å²) in [4.78, 5) is 16.8. The number of thiazole rings is 1. The van der Waals surface area contributed by atoms with Crippen molar-refractivity contribution in [3.05, 3.63) is 11.1 Å². The number of anilines is 1. The second-order valence-electron chi connectivity index (χ2n) is 3.43. The van der Waals surface area contributed by atoms with Crippen LogP contribution in [0, 0.1) is 0 Å². The van der Waals surface area contributed by atoms with Crippen molar-refractivity contribution in [2.45, 2.75) is 0 Å². The van der Waals surface area contributed by atoms with Crippen molar-refractivity contribution < 1.29 is 13.2 Å². The summed E-state index contributed by atoms with van der Waals surface area (Å²) in [7, 11) is -1.54. The fourth-order valence-corrected chi connectivity index (χ4v) is 2.13. The average molecular weight is 263 g/mol. The van der Waals surface area contributed by atoms with Gasteiger partial charge in [0.1, 0.15) is 15.5 Å². The molecule has 0 bridgehead atoms. The second-order valence-corrected chi connectivity index (χ2v) is 6.58. The second kappa shape index (κ2) is 4.79. The molecule has 0 spiro atoms.